The van der Waals surface area contributed by atoms with Crippen LogP contribution in [0, 0.1) is 0 Å². The maximum atomic E-state index is 12.4. The number of rotatable bonds is 19. The molecule has 0 atom stereocenters. The highest BCUT2D eigenvalue weighted by Crippen LogP contribution is 2.22. The number of likely N-dealkylation sites (N-methyl/N-ethyl adjacent to an activating group) is 2. The van der Waals surface area contributed by atoms with Gasteiger partial charge in [0.15, 0.2) is 0 Å². The zero-order valence-corrected chi connectivity index (χ0v) is 28.8. The Bertz CT molecular complexity index is 1000. The smallest absolute Gasteiger partial charge is 0.106 e. The molecule has 0 aliphatic rings. The number of hydrogen-bond donors (Lipinski definition) is 0. The summed E-state index contributed by atoms with van der Waals surface area (Å²) in [5.41, 5.74) is 2.26. The molecule has 0 amide bonds. The molecule has 0 saturated heterocycles. The molecule has 10 heteroatoms. The van der Waals surface area contributed by atoms with Gasteiger partial charge in [0.25, 0.3) is 0 Å². The number of nitrogens with zero attached hydrogens (tertiary/aromatic N) is 4. The molecule has 0 spiro atoms. The highest BCUT2D eigenvalue weighted by atomic mass is 35.5. The predicted octanol–water partition coefficient (Wildman–Crippen LogP) is 6.33. The summed E-state index contributed by atoms with van der Waals surface area (Å²) in [5, 5.41) is 26.3. The summed E-state index contributed by atoms with van der Waals surface area (Å²) >= 11 is 12.8. The van der Waals surface area contributed by atoms with E-state index in [9.17, 15) is 10.2 Å². The summed E-state index contributed by atoms with van der Waals surface area (Å²) in [4.78, 5) is 8.63. The summed E-state index contributed by atoms with van der Waals surface area (Å²) in [7, 11) is 0. The zero-order valence-electron chi connectivity index (χ0n) is 25.7. The van der Waals surface area contributed by atoms with E-state index in [0.29, 0.717) is 38.8 Å². The van der Waals surface area contributed by atoms with Gasteiger partial charge in [-0.3, -0.25) is 9.98 Å². The third-order valence-electron chi connectivity index (χ3n) is 8.37. The molecule has 0 saturated carbocycles. The lowest BCUT2D eigenvalue weighted by Gasteiger charge is -2.37. The Hall–Kier alpha value is -1.54. The maximum Gasteiger partial charge on any atom is 0.106 e. The fraction of sp³-hybridized carbons (Fsp3) is 0.562. The predicted molar refractivity (Wildman–Crippen MR) is 180 cm³/mol. The minimum atomic E-state index is -0.0833. The van der Waals surface area contributed by atoms with Gasteiger partial charge in [-0.05, 0) is 77.3 Å². The number of hydrogen-bond acceptors (Lipinski definition) is 4. The van der Waals surface area contributed by atoms with Crippen molar-refractivity contribution in [2.75, 3.05) is 52.4 Å². The van der Waals surface area contributed by atoms with E-state index >= 15 is 0 Å². The molecule has 0 bridgehead atoms. The molecule has 0 heterocycles. The van der Waals surface area contributed by atoms with Gasteiger partial charge >= 0.3 is 0 Å². The molecule has 0 aliphatic carbocycles. The van der Waals surface area contributed by atoms with E-state index in [0.717, 1.165) is 82.5 Å². The SMILES string of the molecule is CC[N+](CC)(CCN=C([O-])CCCCC([O-])=NCC[N+](CC)(CC)Cc1ccccc1Cl)Cc1ccccc1Cl.Cl.Cl. The molecule has 0 N–H and O–H groups in total. The monoisotopic (exact) mass is 662 g/mol. The Balaban J connectivity index is 0.00000840. The molecular formula is C32H50Cl4N4O2. The van der Waals surface area contributed by atoms with Crippen molar-refractivity contribution in [3.8, 4) is 0 Å². The van der Waals surface area contributed by atoms with Gasteiger partial charge in [-0.25, -0.2) is 0 Å². The second-order valence-electron chi connectivity index (χ2n) is 10.7. The van der Waals surface area contributed by atoms with Crippen LogP contribution < -0.4 is 10.2 Å². The first-order chi connectivity index (χ1) is 19.2. The third kappa shape index (κ3) is 13.4. The molecule has 0 radical (unpaired) electrons. The number of aliphatic imine (C=N–C) groups is 2. The quantitative estimate of drug-likeness (QED) is 0.0763. The third-order valence-corrected chi connectivity index (χ3v) is 9.10. The summed E-state index contributed by atoms with van der Waals surface area (Å²) in [6.45, 7) is 16.8. The standard InChI is InChI=1S/C32H48Cl2N4O2.2ClH/c1-5-37(6-2,25-27-15-9-11-17-29(27)33)23-21-35-31(39)19-13-14-20-32(40)36-22-24-38(7-3,8-4)26-28-16-10-12-18-30(28)34;;/h9-12,15-18H,5-8,13-14,19-26H2,1-4H3;2*1H. The molecule has 0 unspecified atom stereocenters. The van der Waals surface area contributed by atoms with E-state index in [1.807, 2.05) is 36.4 Å². The molecule has 2 aromatic carbocycles. The minimum absolute atomic E-state index is 0. The Morgan fingerprint density at radius 2 is 0.952 bits per heavy atom. The van der Waals surface area contributed by atoms with Crippen molar-refractivity contribution in [3.63, 3.8) is 0 Å². The largest absolute Gasteiger partial charge is 0.862 e. The van der Waals surface area contributed by atoms with Crippen molar-refractivity contribution in [1.82, 2.24) is 0 Å². The molecule has 6 nitrogen and oxygen atoms in total. The average molecular weight is 665 g/mol. The number of unbranched alkanes of at least 4 members (excludes halogenated alkanes) is 1. The molecule has 2 rings (SSSR count). The van der Waals surface area contributed by atoms with Gasteiger partial charge in [0, 0.05) is 21.2 Å². The normalized spacial score (nSPS) is 12.5. The van der Waals surface area contributed by atoms with Crippen LogP contribution in [-0.4, -0.2) is 73.1 Å². The topological polar surface area (TPSA) is 70.8 Å². The van der Waals surface area contributed by atoms with Crippen LogP contribution in [0.1, 0.15) is 64.5 Å². The van der Waals surface area contributed by atoms with Crippen LogP contribution in [0.5, 0.6) is 0 Å². The maximum absolute atomic E-state index is 12.4. The lowest BCUT2D eigenvalue weighted by atomic mass is 10.1. The van der Waals surface area contributed by atoms with E-state index in [4.69, 9.17) is 23.2 Å². The average Bonchev–Trinajstić information content (AvgIpc) is 2.96. The fourth-order valence-electron chi connectivity index (χ4n) is 5.15. The molecule has 0 aliphatic heterocycles. The Morgan fingerprint density at radius 3 is 1.26 bits per heavy atom. The van der Waals surface area contributed by atoms with E-state index in [1.54, 1.807) is 0 Å². The van der Waals surface area contributed by atoms with Gasteiger partial charge in [-0.2, -0.15) is 0 Å². The van der Waals surface area contributed by atoms with Gasteiger partial charge in [-0.1, -0.05) is 59.6 Å². The van der Waals surface area contributed by atoms with Gasteiger partial charge in [0.05, 0.1) is 52.4 Å². The van der Waals surface area contributed by atoms with Crippen LogP contribution in [0.4, 0.5) is 0 Å². The van der Waals surface area contributed by atoms with Gasteiger partial charge in [-0.15, -0.1) is 24.8 Å². The zero-order chi connectivity index (χ0) is 29.4. The van der Waals surface area contributed by atoms with Crippen molar-refractivity contribution in [2.24, 2.45) is 9.98 Å². The Morgan fingerprint density at radius 1 is 0.619 bits per heavy atom. The first kappa shape index (κ1) is 40.5. The number of quaternary nitrogens is 2. The first-order valence-electron chi connectivity index (χ1n) is 14.8. The molecule has 42 heavy (non-hydrogen) atoms. The Labute approximate surface area is 276 Å². The van der Waals surface area contributed by atoms with E-state index < -0.39 is 0 Å². The second kappa shape index (κ2) is 21.2. The molecule has 0 aromatic heterocycles. The minimum Gasteiger partial charge on any atom is -0.862 e. The van der Waals surface area contributed by atoms with E-state index in [-0.39, 0.29) is 36.6 Å². The number of benzene rings is 2. The van der Waals surface area contributed by atoms with Gasteiger partial charge in [0.2, 0.25) is 0 Å². The van der Waals surface area contributed by atoms with Crippen LogP contribution >= 0.6 is 48.0 Å². The number of halogens is 4. The highest BCUT2D eigenvalue weighted by Gasteiger charge is 2.25. The Kier molecular flexibility index (Phi) is 20.4. The second-order valence-corrected chi connectivity index (χ2v) is 11.5. The van der Waals surface area contributed by atoms with Crippen molar-refractivity contribution in [1.29, 1.82) is 0 Å². The fourth-order valence-corrected chi connectivity index (χ4v) is 5.54. The van der Waals surface area contributed by atoms with Crippen LogP contribution in [0.15, 0.2) is 58.5 Å². The lowest BCUT2D eigenvalue weighted by Crippen LogP contribution is -2.48. The highest BCUT2D eigenvalue weighted by molar-refractivity contribution is 6.31. The van der Waals surface area contributed by atoms with Crippen molar-refractivity contribution < 1.29 is 19.2 Å². The van der Waals surface area contributed by atoms with Gasteiger partial charge in [0.1, 0.15) is 13.1 Å². The lowest BCUT2D eigenvalue weighted by molar-refractivity contribution is -0.936. The van der Waals surface area contributed by atoms with Gasteiger partial charge < -0.3 is 19.2 Å². The van der Waals surface area contributed by atoms with Crippen molar-refractivity contribution in [2.45, 2.75) is 66.5 Å². The summed E-state index contributed by atoms with van der Waals surface area (Å²) in [6.07, 6.45) is 2.06. The van der Waals surface area contributed by atoms with Crippen molar-refractivity contribution >= 4 is 59.8 Å². The van der Waals surface area contributed by atoms with E-state index in [1.165, 1.54) is 0 Å². The summed E-state index contributed by atoms with van der Waals surface area (Å²) in [5.74, 6) is -0.167. The van der Waals surface area contributed by atoms with Crippen LogP contribution in [-0.2, 0) is 13.1 Å². The summed E-state index contributed by atoms with van der Waals surface area (Å²) < 4.78 is 1.68. The molecular weight excluding hydrogens is 614 g/mol. The van der Waals surface area contributed by atoms with Crippen LogP contribution in [0.2, 0.25) is 10.0 Å². The molecule has 2 aromatic rings. The first-order valence-corrected chi connectivity index (χ1v) is 15.5. The van der Waals surface area contributed by atoms with E-state index in [2.05, 4.69) is 49.8 Å². The molecule has 238 valence electrons. The van der Waals surface area contributed by atoms with Crippen molar-refractivity contribution in [3.05, 3.63) is 69.7 Å². The van der Waals surface area contributed by atoms with Crippen LogP contribution in [0.3, 0.4) is 0 Å². The van der Waals surface area contributed by atoms with Crippen LogP contribution in [0.25, 0.3) is 0 Å². The molecule has 0 fully saturated rings. The summed E-state index contributed by atoms with van der Waals surface area (Å²) in [6, 6.07) is 15.9.